The van der Waals surface area contributed by atoms with Gasteiger partial charge in [-0.3, -0.25) is 4.79 Å². The summed E-state index contributed by atoms with van der Waals surface area (Å²) in [5, 5.41) is 0. The Morgan fingerprint density at radius 1 is 1.40 bits per heavy atom. The molecule has 3 nitrogen and oxygen atoms in total. The Morgan fingerprint density at radius 3 is 2.53 bits per heavy atom. The highest BCUT2D eigenvalue weighted by molar-refractivity contribution is 5.69. The number of nitrogens with zero attached hydrogens (tertiary/aromatic N) is 1. The molecular formula is C12H23NO2. The third kappa shape index (κ3) is 3.82. The molecule has 88 valence electrons. The fourth-order valence-electron chi connectivity index (χ4n) is 2.32. The first-order chi connectivity index (χ1) is 7.15. The maximum absolute atomic E-state index is 11.2. The highest BCUT2D eigenvalue weighted by Gasteiger charge is 2.23. The van der Waals surface area contributed by atoms with Crippen LogP contribution in [0.4, 0.5) is 0 Å². The van der Waals surface area contributed by atoms with Crippen LogP contribution in [0.2, 0.25) is 0 Å². The summed E-state index contributed by atoms with van der Waals surface area (Å²) in [6.07, 6.45) is 7.10. The van der Waals surface area contributed by atoms with Crippen molar-refractivity contribution in [2.75, 3.05) is 14.2 Å². The molecule has 15 heavy (non-hydrogen) atoms. The average molecular weight is 213 g/mol. The van der Waals surface area contributed by atoms with Crippen molar-refractivity contribution < 1.29 is 9.53 Å². The Bertz CT molecular complexity index is 200. The van der Waals surface area contributed by atoms with Crippen molar-refractivity contribution in [1.82, 2.24) is 4.90 Å². The quantitative estimate of drug-likeness (QED) is 0.670. The van der Waals surface area contributed by atoms with Gasteiger partial charge in [-0.05, 0) is 26.8 Å². The first-order valence-corrected chi connectivity index (χ1v) is 5.94. The summed E-state index contributed by atoms with van der Waals surface area (Å²) < 4.78 is 4.69. The van der Waals surface area contributed by atoms with Crippen molar-refractivity contribution in [3.8, 4) is 0 Å². The van der Waals surface area contributed by atoms with Gasteiger partial charge in [0, 0.05) is 12.1 Å². The van der Waals surface area contributed by atoms with Gasteiger partial charge in [0.2, 0.25) is 0 Å². The number of methoxy groups -OCH3 is 1. The lowest BCUT2D eigenvalue weighted by molar-refractivity contribution is -0.142. The van der Waals surface area contributed by atoms with Gasteiger partial charge >= 0.3 is 5.97 Å². The molecule has 0 aliphatic heterocycles. The first-order valence-electron chi connectivity index (χ1n) is 5.94. The summed E-state index contributed by atoms with van der Waals surface area (Å²) >= 11 is 0. The zero-order valence-corrected chi connectivity index (χ0v) is 10.2. The third-order valence-corrected chi connectivity index (χ3v) is 3.54. The molecule has 0 spiro atoms. The lowest BCUT2D eigenvalue weighted by Crippen LogP contribution is -2.40. The number of esters is 1. The largest absolute Gasteiger partial charge is 0.469 e. The van der Waals surface area contributed by atoms with Crippen molar-refractivity contribution in [2.24, 2.45) is 0 Å². The van der Waals surface area contributed by atoms with Crippen LogP contribution in [0.1, 0.15) is 45.4 Å². The molecule has 1 aliphatic carbocycles. The summed E-state index contributed by atoms with van der Waals surface area (Å²) in [6, 6.07) is 0.957. The summed E-state index contributed by atoms with van der Waals surface area (Å²) in [6.45, 7) is 2.10. The van der Waals surface area contributed by atoms with E-state index in [2.05, 4.69) is 18.9 Å². The molecule has 0 N–H and O–H groups in total. The zero-order valence-electron chi connectivity index (χ0n) is 10.2. The molecule has 1 atom stereocenters. The summed E-state index contributed by atoms with van der Waals surface area (Å²) in [5.74, 6) is -0.106. The molecule has 0 heterocycles. The fraction of sp³-hybridized carbons (Fsp3) is 0.917. The molecule has 1 unspecified atom stereocenters. The number of carbonyl (C=O) groups excluding carboxylic acids is 1. The lowest BCUT2D eigenvalue weighted by Gasteiger charge is -2.35. The van der Waals surface area contributed by atoms with Crippen molar-refractivity contribution in [3.05, 3.63) is 0 Å². The van der Waals surface area contributed by atoms with Gasteiger partial charge in [0.15, 0.2) is 0 Å². The Hall–Kier alpha value is -0.570. The van der Waals surface area contributed by atoms with Crippen LogP contribution in [0.3, 0.4) is 0 Å². The maximum atomic E-state index is 11.2. The standard InChI is InChI=1S/C12H23NO2/c1-10(9-12(14)15-3)13(2)11-7-5-4-6-8-11/h10-11H,4-9H2,1-3H3. The van der Waals surface area contributed by atoms with E-state index in [9.17, 15) is 4.79 Å². The number of ether oxygens (including phenoxy) is 1. The van der Waals surface area contributed by atoms with E-state index in [0.717, 1.165) is 0 Å². The summed E-state index contributed by atoms with van der Waals surface area (Å²) in [4.78, 5) is 13.5. The second kappa shape index (κ2) is 6.11. The number of carbonyl (C=O) groups is 1. The van der Waals surface area contributed by atoms with E-state index in [4.69, 9.17) is 4.74 Å². The second-order valence-electron chi connectivity index (χ2n) is 4.59. The summed E-state index contributed by atoms with van der Waals surface area (Å²) in [7, 11) is 3.58. The number of hydrogen-bond acceptors (Lipinski definition) is 3. The van der Waals surface area contributed by atoms with E-state index in [1.54, 1.807) is 0 Å². The Morgan fingerprint density at radius 2 is 2.00 bits per heavy atom. The minimum Gasteiger partial charge on any atom is -0.469 e. The van der Waals surface area contributed by atoms with Crippen LogP contribution in [0.15, 0.2) is 0 Å². The molecule has 0 aromatic rings. The molecule has 0 aromatic carbocycles. The van der Waals surface area contributed by atoms with E-state index in [-0.39, 0.29) is 5.97 Å². The van der Waals surface area contributed by atoms with Crippen LogP contribution in [-0.4, -0.2) is 37.1 Å². The molecule has 1 saturated carbocycles. The third-order valence-electron chi connectivity index (χ3n) is 3.54. The molecular weight excluding hydrogens is 190 g/mol. The minimum absolute atomic E-state index is 0.106. The average Bonchev–Trinajstić information content (AvgIpc) is 2.29. The van der Waals surface area contributed by atoms with E-state index in [0.29, 0.717) is 18.5 Å². The Labute approximate surface area is 92.8 Å². The Kier molecular flexibility index (Phi) is 5.09. The highest BCUT2D eigenvalue weighted by Crippen LogP contribution is 2.23. The predicted octanol–water partition coefficient (Wildman–Crippen LogP) is 2.20. The SMILES string of the molecule is COC(=O)CC(C)N(C)C1CCCCC1. The smallest absolute Gasteiger partial charge is 0.307 e. The van der Waals surface area contributed by atoms with Gasteiger partial charge in [-0.15, -0.1) is 0 Å². The van der Waals surface area contributed by atoms with Crippen LogP contribution < -0.4 is 0 Å². The van der Waals surface area contributed by atoms with Crippen molar-refractivity contribution in [2.45, 2.75) is 57.5 Å². The molecule has 0 aromatic heterocycles. The monoisotopic (exact) mass is 213 g/mol. The van der Waals surface area contributed by atoms with E-state index in [1.165, 1.54) is 39.2 Å². The van der Waals surface area contributed by atoms with Crippen LogP contribution >= 0.6 is 0 Å². The molecule has 1 fully saturated rings. The molecule has 1 aliphatic rings. The van der Waals surface area contributed by atoms with Gasteiger partial charge in [0.05, 0.1) is 13.5 Å². The topological polar surface area (TPSA) is 29.5 Å². The minimum atomic E-state index is -0.106. The van der Waals surface area contributed by atoms with Crippen LogP contribution in [0.25, 0.3) is 0 Å². The van der Waals surface area contributed by atoms with Gasteiger partial charge in [-0.1, -0.05) is 19.3 Å². The first kappa shape index (κ1) is 12.5. The van der Waals surface area contributed by atoms with Crippen molar-refractivity contribution in [1.29, 1.82) is 0 Å². The van der Waals surface area contributed by atoms with Crippen LogP contribution in [0, 0.1) is 0 Å². The molecule has 1 rings (SSSR count). The van der Waals surface area contributed by atoms with E-state index < -0.39 is 0 Å². The zero-order chi connectivity index (χ0) is 11.3. The van der Waals surface area contributed by atoms with Gasteiger partial charge in [0.1, 0.15) is 0 Å². The van der Waals surface area contributed by atoms with Gasteiger partial charge < -0.3 is 9.64 Å². The highest BCUT2D eigenvalue weighted by atomic mass is 16.5. The van der Waals surface area contributed by atoms with Gasteiger partial charge in [0.25, 0.3) is 0 Å². The summed E-state index contributed by atoms with van der Waals surface area (Å²) in [5.41, 5.74) is 0. The molecule has 3 heteroatoms. The fourth-order valence-corrected chi connectivity index (χ4v) is 2.32. The van der Waals surface area contributed by atoms with E-state index in [1.807, 2.05) is 0 Å². The molecule has 0 bridgehead atoms. The number of rotatable bonds is 4. The van der Waals surface area contributed by atoms with Gasteiger partial charge in [-0.2, -0.15) is 0 Å². The van der Waals surface area contributed by atoms with Crippen molar-refractivity contribution >= 4 is 5.97 Å². The molecule has 0 amide bonds. The van der Waals surface area contributed by atoms with Crippen molar-refractivity contribution in [3.63, 3.8) is 0 Å². The predicted molar refractivity (Wildman–Crippen MR) is 60.7 cm³/mol. The van der Waals surface area contributed by atoms with Gasteiger partial charge in [-0.25, -0.2) is 0 Å². The lowest BCUT2D eigenvalue weighted by atomic mass is 9.93. The van der Waals surface area contributed by atoms with Crippen LogP contribution in [0.5, 0.6) is 0 Å². The normalized spacial score (nSPS) is 20.3. The van der Waals surface area contributed by atoms with E-state index >= 15 is 0 Å². The van der Waals surface area contributed by atoms with Crippen LogP contribution in [-0.2, 0) is 9.53 Å². The molecule has 0 saturated heterocycles. The second-order valence-corrected chi connectivity index (χ2v) is 4.59. The maximum Gasteiger partial charge on any atom is 0.307 e. The molecule has 0 radical (unpaired) electrons. The Balaban J connectivity index is 2.36. The number of hydrogen-bond donors (Lipinski definition) is 0.